The second kappa shape index (κ2) is 6.31. The molecule has 1 atom stereocenters. The van der Waals surface area contributed by atoms with Crippen molar-refractivity contribution < 1.29 is 19.1 Å². The van der Waals surface area contributed by atoms with E-state index in [1.54, 1.807) is 48.4 Å². The summed E-state index contributed by atoms with van der Waals surface area (Å²) in [5, 5.41) is 0. The molecular formula is C18H18N2O4. The zero-order chi connectivity index (χ0) is 17.3. The molecule has 1 aromatic carbocycles. The fraction of sp³-hybridized carbons (Fsp3) is 0.278. The van der Waals surface area contributed by atoms with Gasteiger partial charge in [-0.3, -0.25) is 9.59 Å². The van der Waals surface area contributed by atoms with Crippen LogP contribution in [0.2, 0.25) is 0 Å². The number of ether oxygens (including phenoxy) is 1. The molecule has 124 valence electrons. The SMILES string of the molecule is CC(=O)N1CCc2cc(C(=O)[C@@H](C)OC(=O)c3ccc[nH]3)ccc21. The average molecular weight is 326 g/mol. The van der Waals surface area contributed by atoms with Gasteiger partial charge in [0.15, 0.2) is 6.10 Å². The number of aromatic nitrogens is 1. The number of esters is 1. The van der Waals surface area contributed by atoms with E-state index in [0.717, 1.165) is 11.3 Å². The Kier molecular flexibility index (Phi) is 4.20. The molecule has 1 aromatic heterocycles. The van der Waals surface area contributed by atoms with Crippen molar-refractivity contribution in [1.82, 2.24) is 4.98 Å². The Morgan fingerprint density at radius 2 is 2.04 bits per heavy atom. The number of fused-ring (bicyclic) bond motifs is 1. The molecule has 3 rings (SSSR count). The number of anilines is 1. The number of H-pyrrole nitrogens is 1. The van der Waals surface area contributed by atoms with Crippen molar-refractivity contribution in [3.05, 3.63) is 53.3 Å². The molecule has 1 aliphatic heterocycles. The monoisotopic (exact) mass is 326 g/mol. The first-order valence-corrected chi connectivity index (χ1v) is 7.77. The standard InChI is InChI=1S/C18H18N2O4/c1-11(24-18(23)15-4-3-8-19-15)17(22)14-5-6-16-13(10-14)7-9-20(16)12(2)21/h3-6,8,10-11,19H,7,9H2,1-2H3/t11-/m1/s1. The lowest BCUT2D eigenvalue weighted by Gasteiger charge is -2.15. The molecule has 24 heavy (non-hydrogen) atoms. The minimum atomic E-state index is -0.885. The van der Waals surface area contributed by atoms with Gasteiger partial charge in [0, 0.05) is 30.9 Å². The first-order valence-electron chi connectivity index (χ1n) is 7.77. The van der Waals surface area contributed by atoms with E-state index in [0.29, 0.717) is 24.2 Å². The number of amides is 1. The number of carbonyl (C=O) groups is 3. The van der Waals surface area contributed by atoms with E-state index >= 15 is 0 Å². The summed E-state index contributed by atoms with van der Waals surface area (Å²) in [6.45, 7) is 3.70. The molecule has 0 aliphatic carbocycles. The zero-order valence-electron chi connectivity index (χ0n) is 13.5. The molecule has 0 unspecified atom stereocenters. The number of Topliss-reactive ketones (excluding diaryl/α,β-unsaturated/α-hetero) is 1. The quantitative estimate of drug-likeness (QED) is 0.691. The van der Waals surface area contributed by atoms with Crippen LogP contribution in [0.4, 0.5) is 5.69 Å². The van der Waals surface area contributed by atoms with Gasteiger partial charge in [0.25, 0.3) is 0 Å². The van der Waals surface area contributed by atoms with Gasteiger partial charge in [-0.1, -0.05) is 0 Å². The van der Waals surface area contributed by atoms with E-state index in [1.165, 1.54) is 6.92 Å². The first-order chi connectivity index (χ1) is 11.5. The van der Waals surface area contributed by atoms with E-state index in [-0.39, 0.29) is 11.7 Å². The number of carbonyl (C=O) groups excluding carboxylic acids is 3. The van der Waals surface area contributed by atoms with E-state index in [9.17, 15) is 14.4 Å². The predicted molar refractivity (Wildman–Crippen MR) is 88.2 cm³/mol. The summed E-state index contributed by atoms with van der Waals surface area (Å²) in [5.41, 5.74) is 2.58. The summed E-state index contributed by atoms with van der Waals surface area (Å²) in [5.74, 6) is -0.843. The Morgan fingerprint density at radius 3 is 2.71 bits per heavy atom. The van der Waals surface area contributed by atoms with Crippen molar-refractivity contribution in [2.45, 2.75) is 26.4 Å². The minimum absolute atomic E-state index is 0.0129. The van der Waals surface area contributed by atoms with E-state index in [2.05, 4.69) is 4.98 Å². The van der Waals surface area contributed by atoms with E-state index in [4.69, 9.17) is 4.74 Å². The molecule has 6 nitrogen and oxygen atoms in total. The Bertz CT molecular complexity index is 795. The van der Waals surface area contributed by atoms with Gasteiger partial charge in [0.2, 0.25) is 11.7 Å². The van der Waals surface area contributed by atoms with Gasteiger partial charge >= 0.3 is 5.97 Å². The van der Waals surface area contributed by atoms with Crippen LogP contribution in [0.1, 0.15) is 40.3 Å². The number of hydrogen-bond acceptors (Lipinski definition) is 4. The van der Waals surface area contributed by atoms with Gasteiger partial charge in [-0.15, -0.1) is 0 Å². The summed E-state index contributed by atoms with van der Waals surface area (Å²) < 4.78 is 5.21. The first kappa shape index (κ1) is 16.0. The topological polar surface area (TPSA) is 79.5 Å². The number of nitrogens with zero attached hydrogens (tertiary/aromatic N) is 1. The van der Waals surface area contributed by atoms with Gasteiger partial charge in [0.05, 0.1) is 0 Å². The molecule has 1 aliphatic rings. The van der Waals surface area contributed by atoms with Gasteiger partial charge in [-0.05, 0) is 49.2 Å². The Morgan fingerprint density at radius 1 is 1.25 bits per heavy atom. The molecule has 0 radical (unpaired) electrons. The van der Waals surface area contributed by atoms with Crippen molar-refractivity contribution in [2.75, 3.05) is 11.4 Å². The fourth-order valence-electron chi connectivity index (χ4n) is 2.85. The van der Waals surface area contributed by atoms with Gasteiger partial charge in [-0.25, -0.2) is 4.79 Å². The van der Waals surface area contributed by atoms with Crippen LogP contribution in [-0.2, 0) is 16.0 Å². The third-order valence-corrected chi connectivity index (χ3v) is 4.11. The average Bonchev–Trinajstić information content (AvgIpc) is 3.22. The molecule has 1 N–H and O–H groups in total. The second-order valence-electron chi connectivity index (χ2n) is 5.76. The van der Waals surface area contributed by atoms with Crippen molar-refractivity contribution >= 4 is 23.3 Å². The summed E-state index contributed by atoms with van der Waals surface area (Å²) in [6.07, 6.45) is 1.45. The van der Waals surface area contributed by atoms with Gasteiger partial charge in [-0.2, -0.15) is 0 Å². The summed E-state index contributed by atoms with van der Waals surface area (Å²) in [7, 11) is 0. The second-order valence-corrected chi connectivity index (χ2v) is 5.76. The maximum Gasteiger partial charge on any atom is 0.355 e. The fourth-order valence-corrected chi connectivity index (χ4v) is 2.85. The molecule has 0 saturated carbocycles. The van der Waals surface area contributed by atoms with E-state index in [1.807, 2.05) is 0 Å². The van der Waals surface area contributed by atoms with Crippen LogP contribution in [0.3, 0.4) is 0 Å². The highest BCUT2D eigenvalue weighted by Gasteiger charge is 2.25. The lowest BCUT2D eigenvalue weighted by Crippen LogP contribution is -2.26. The summed E-state index contributed by atoms with van der Waals surface area (Å²) in [6, 6.07) is 8.49. The molecule has 2 aromatic rings. The van der Waals surface area contributed by atoms with Crippen molar-refractivity contribution in [2.24, 2.45) is 0 Å². The zero-order valence-corrected chi connectivity index (χ0v) is 13.5. The van der Waals surface area contributed by atoms with Crippen LogP contribution >= 0.6 is 0 Å². The maximum atomic E-state index is 12.5. The Balaban J connectivity index is 1.74. The van der Waals surface area contributed by atoms with Crippen molar-refractivity contribution in [1.29, 1.82) is 0 Å². The number of hydrogen-bond donors (Lipinski definition) is 1. The minimum Gasteiger partial charge on any atom is -0.450 e. The van der Waals surface area contributed by atoms with Crippen LogP contribution in [0.5, 0.6) is 0 Å². The predicted octanol–water partition coefficient (Wildman–Crippen LogP) is 2.35. The largest absolute Gasteiger partial charge is 0.450 e. The highest BCUT2D eigenvalue weighted by atomic mass is 16.5. The molecular weight excluding hydrogens is 308 g/mol. The van der Waals surface area contributed by atoms with Crippen molar-refractivity contribution in [3.63, 3.8) is 0 Å². The van der Waals surface area contributed by atoms with Crippen LogP contribution in [0.15, 0.2) is 36.5 Å². The van der Waals surface area contributed by atoms with Crippen LogP contribution in [-0.4, -0.2) is 35.3 Å². The number of ketones is 1. The smallest absolute Gasteiger partial charge is 0.355 e. The third kappa shape index (κ3) is 2.95. The van der Waals surface area contributed by atoms with Crippen molar-refractivity contribution in [3.8, 4) is 0 Å². The summed E-state index contributed by atoms with van der Waals surface area (Å²) in [4.78, 5) is 40.4. The molecule has 6 heteroatoms. The number of aromatic amines is 1. The number of nitrogens with one attached hydrogen (secondary N) is 1. The lowest BCUT2D eigenvalue weighted by atomic mass is 10.0. The molecule has 0 spiro atoms. The van der Waals surface area contributed by atoms with Gasteiger partial charge < -0.3 is 14.6 Å². The molecule has 0 saturated heterocycles. The summed E-state index contributed by atoms with van der Waals surface area (Å²) >= 11 is 0. The van der Waals surface area contributed by atoms with Gasteiger partial charge in [0.1, 0.15) is 5.69 Å². The van der Waals surface area contributed by atoms with Crippen LogP contribution in [0, 0.1) is 0 Å². The Hall–Kier alpha value is -2.89. The molecule has 1 amide bonds. The van der Waals surface area contributed by atoms with Crippen LogP contribution in [0.25, 0.3) is 0 Å². The molecule has 0 fully saturated rings. The normalized spacial score (nSPS) is 14.2. The maximum absolute atomic E-state index is 12.5. The Labute approximate surface area is 139 Å². The third-order valence-electron chi connectivity index (χ3n) is 4.11. The molecule has 2 heterocycles. The lowest BCUT2D eigenvalue weighted by molar-refractivity contribution is -0.116. The number of rotatable bonds is 4. The van der Waals surface area contributed by atoms with Crippen LogP contribution < -0.4 is 4.90 Å². The van der Waals surface area contributed by atoms with E-state index < -0.39 is 12.1 Å². The highest BCUT2D eigenvalue weighted by Crippen LogP contribution is 2.29. The highest BCUT2D eigenvalue weighted by molar-refractivity contribution is 6.02. The molecule has 0 bridgehead atoms. The number of benzene rings is 1.